The summed E-state index contributed by atoms with van der Waals surface area (Å²) < 4.78 is 27.7. The van der Waals surface area contributed by atoms with E-state index in [0.29, 0.717) is 0 Å². The number of rotatable bonds is 4. The number of aryl methyl sites for hydroxylation is 1. The van der Waals surface area contributed by atoms with Gasteiger partial charge in [0.25, 0.3) is 10.0 Å². The number of hydrogen-bond acceptors (Lipinski definition) is 4. The predicted molar refractivity (Wildman–Crippen MR) is 72.4 cm³/mol. The second kappa shape index (κ2) is 5.14. The lowest BCUT2D eigenvalue weighted by Gasteiger charge is -2.09. The SMILES string of the molecule is Cn1cc(S(=O)(=O)Nc2ccc(Cl)cc2C(=O)O)cn1. The van der Waals surface area contributed by atoms with Crippen molar-refractivity contribution in [2.75, 3.05) is 4.72 Å². The number of anilines is 1. The number of sulfonamides is 1. The Hall–Kier alpha value is -2.06. The van der Waals surface area contributed by atoms with Gasteiger partial charge in [0, 0.05) is 18.3 Å². The van der Waals surface area contributed by atoms with Crippen molar-refractivity contribution in [3.8, 4) is 0 Å². The van der Waals surface area contributed by atoms with E-state index in [1.165, 1.54) is 35.3 Å². The molecule has 2 rings (SSSR count). The summed E-state index contributed by atoms with van der Waals surface area (Å²) in [6.45, 7) is 0. The van der Waals surface area contributed by atoms with Crippen LogP contribution in [0.1, 0.15) is 10.4 Å². The minimum Gasteiger partial charge on any atom is -0.478 e. The van der Waals surface area contributed by atoms with Crippen LogP contribution in [0.15, 0.2) is 35.5 Å². The smallest absolute Gasteiger partial charge is 0.337 e. The van der Waals surface area contributed by atoms with Gasteiger partial charge in [-0.2, -0.15) is 5.10 Å². The Morgan fingerprint density at radius 3 is 2.70 bits per heavy atom. The van der Waals surface area contributed by atoms with Crippen LogP contribution >= 0.6 is 11.6 Å². The molecule has 2 N–H and O–H groups in total. The molecule has 0 atom stereocenters. The molecule has 9 heteroatoms. The summed E-state index contributed by atoms with van der Waals surface area (Å²) in [6, 6.07) is 3.86. The highest BCUT2D eigenvalue weighted by molar-refractivity contribution is 7.92. The Kier molecular flexibility index (Phi) is 3.69. The third-order valence-corrected chi connectivity index (χ3v) is 4.00. The van der Waals surface area contributed by atoms with Gasteiger partial charge < -0.3 is 5.11 Å². The van der Waals surface area contributed by atoms with Crippen molar-refractivity contribution in [2.45, 2.75) is 4.90 Å². The number of nitrogens with zero attached hydrogens (tertiary/aromatic N) is 2. The monoisotopic (exact) mass is 315 g/mol. The fourth-order valence-electron chi connectivity index (χ4n) is 1.52. The van der Waals surface area contributed by atoms with Crippen LogP contribution in [0.3, 0.4) is 0 Å². The summed E-state index contributed by atoms with van der Waals surface area (Å²) >= 11 is 5.70. The zero-order chi connectivity index (χ0) is 14.9. The van der Waals surface area contributed by atoms with Crippen molar-refractivity contribution >= 4 is 33.3 Å². The molecule has 0 spiro atoms. The van der Waals surface area contributed by atoms with Crippen LogP contribution in [0.2, 0.25) is 5.02 Å². The van der Waals surface area contributed by atoms with E-state index in [2.05, 4.69) is 9.82 Å². The zero-order valence-electron chi connectivity index (χ0n) is 10.2. The van der Waals surface area contributed by atoms with Gasteiger partial charge in [0.05, 0.1) is 17.4 Å². The Bertz CT molecular complexity index is 770. The summed E-state index contributed by atoms with van der Waals surface area (Å²) in [5.74, 6) is -1.28. The predicted octanol–water partition coefficient (Wildman–Crippen LogP) is 1.57. The number of benzene rings is 1. The first-order valence-corrected chi connectivity index (χ1v) is 7.20. The number of aromatic nitrogens is 2. The van der Waals surface area contributed by atoms with Gasteiger partial charge in [0.2, 0.25) is 0 Å². The van der Waals surface area contributed by atoms with E-state index in [9.17, 15) is 13.2 Å². The van der Waals surface area contributed by atoms with Gasteiger partial charge >= 0.3 is 5.97 Å². The zero-order valence-corrected chi connectivity index (χ0v) is 11.8. The Labute approximate surface area is 119 Å². The highest BCUT2D eigenvalue weighted by Gasteiger charge is 2.20. The van der Waals surface area contributed by atoms with Crippen molar-refractivity contribution in [1.82, 2.24) is 9.78 Å². The molecular formula is C11H10ClN3O4S. The van der Waals surface area contributed by atoms with Crippen LogP contribution in [0.25, 0.3) is 0 Å². The Morgan fingerprint density at radius 1 is 1.45 bits per heavy atom. The molecule has 0 unspecified atom stereocenters. The second-order valence-corrected chi connectivity index (χ2v) is 6.07. The fraction of sp³-hybridized carbons (Fsp3) is 0.0909. The van der Waals surface area contributed by atoms with Gasteiger partial charge in [-0.05, 0) is 18.2 Å². The molecule has 1 aromatic carbocycles. The van der Waals surface area contributed by atoms with Gasteiger partial charge in [-0.25, -0.2) is 13.2 Å². The van der Waals surface area contributed by atoms with Gasteiger partial charge in [-0.15, -0.1) is 0 Å². The molecule has 2 aromatic rings. The first-order valence-electron chi connectivity index (χ1n) is 5.34. The van der Waals surface area contributed by atoms with Gasteiger partial charge in [-0.3, -0.25) is 9.40 Å². The summed E-state index contributed by atoms with van der Waals surface area (Å²) in [6.07, 6.45) is 2.47. The lowest BCUT2D eigenvalue weighted by molar-refractivity contribution is 0.0698. The summed E-state index contributed by atoms with van der Waals surface area (Å²) in [4.78, 5) is 11.0. The molecule has 0 saturated carbocycles. The van der Waals surface area contributed by atoms with E-state index in [4.69, 9.17) is 16.7 Å². The van der Waals surface area contributed by atoms with E-state index in [0.717, 1.165) is 0 Å². The molecule has 106 valence electrons. The molecule has 0 aliphatic rings. The van der Waals surface area contributed by atoms with Crippen LogP contribution in [-0.2, 0) is 17.1 Å². The van der Waals surface area contributed by atoms with Crippen molar-refractivity contribution in [3.63, 3.8) is 0 Å². The van der Waals surface area contributed by atoms with E-state index < -0.39 is 16.0 Å². The quantitative estimate of drug-likeness (QED) is 0.891. The van der Waals surface area contributed by atoms with Crippen LogP contribution < -0.4 is 4.72 Å². The van der Waals surface area contributed by atoms with Crippen molar-refractivity contribution in [3.05, 3.63) is 41.2 Å². The molecule has 1 heterocycles. The summed E-state index contributed by atoms with van der Waals surface area (Å²) in [7, 11) is -2.33. The van der Waals surface area contributed by atoms with Crippen LogP contribution in [0.5, 0.6) is 0 Å². The largest absolute Gasteiger partial charge is 0.478 e. The molecule has 0 saturated heterocycles. The molecule has 0 aliphatic carbocycles. The molecule has 0 fully saturated rings. The normalized spacial score (nSPS) is 11.3. The topological polar surface area (TPSA) is 101 Å². The number of aromatic carboxylic acids is 1. The molecule has 0 radical (unpaired) electrons. The maximum absolute atomic E-state index is 12.1. The number of halogens is 1. The molecule has 20 heavy (non-hydrogen) atoms. The van der Waals surface area contributed by atoms with E-state index in [1.54, 1.807) is 7.05 Å². The number of carboxylic acids is 1. The molecule has 1 aromatic heterocycles. The highest BCUT2D eigenvalue weighted by atomic mass is 35.5. The van der Waals surface area contributed by atoms with Crippen LogP contribution in [-0.4, -0.2) is 29.3 Å². The lowest BCUT2D eigenvalue weighted by atomic mass is 10.2. The minimum atomic E-state index is -3.90. The van der Waals surface area contributed by atoms with Crippen molar-refractivity contribution in [2.24, 2.45) is 7.05 Å². The third kappa shape index (κ3) is 2.91. The van der Waals surface area contributed by atoms with Gasteiger partial charge in [0.1, 0.15) is 4.90 Å². The van der Waals surface area contributed by atoms with E-state index in [-0.39, 0.29) is 21.2 Å². The van der Waals surface area contributed by atoms with E-state index in [1.807, 2.05) is 0 Å². The lowest BCUT2D eigenvalue weighted by Crippen LogP contribution is -2.15. The standard InChI is InChI=1S/C11H10ClN3O4S/c1-15-6-8(5-13-15)20(18,19)14-10-3-2-7(12)4-9(10)11(16)17/h2-6,14H,1H3,(H,16,17). The van der Waals surface area contributed by atoms with Gasteiger partial charge in [-0.1, -0.05) is 11.6 Å². The average molecular weight is 316 g/mol. The minimum absolute atomic E-state index is 0.0636. The highest BCUT2D eigenvalue weighted by Crippen LogP contribution is 2.23. The van der Waals surface area contributed by atoms with Crippen molar-refractivity contribution < 1.29 is 18.3 Å². The second-order valence-electron chi connectivity index (χ2n) is 3.95. The molecule has 0 bridgehead atoms. The maximum atomic E-state index is 12.1. The summed E-state index contributed by atoms with van der Waals surface area (Å²) in [5, 5.41) is 13.0. The van der Waals surface area contributed by atoms with Crippen LogP contribution in [0, 0.1) is 0 Å². The first kappa shape index (κ1) is 14.4. The number of carbonyl (C=O) groups is 1. The maximum Gasteiger partial charge on any atom is 0.337 e. The number of carboxylic acid groups (broad SMARTS) is 1. The van der Waals surface area contributed by atoms with E-state index >= 15 is 0 Å². The van der Waals surface area contributed by atoms with Gasteiger partial charge in [0.15, 0.2) is 0 Å². The van der Waals surface area contributed by atoms with Crippen molar-refractivity contribution in [1.29, 1.82) is 0 Å². The Morgan fingerprint density at radius 2 is 2.15 bits per heavy atom. The summed E-state index contributed by atoms with van der Waals surface area (Å²) in [5.41, 5.74) is -0.296. The number of hydrogen-bond donors (Lipinski definition) is 2. The molecule has 7 nitrogen and oxygen atoms in total. The fourth-order valence-corrected chi connectivity index (χ4v) is 2.76. The molecule has 0 aliphatic heterocycles. The average Bonchev–Trinajstić information content (AvgIpc) is 2.78. The van der Waals surface area contributed by atoms with Crippen LogP contribution in [0.4, 0.5) is 5.69 Å². The first-order chi connectivity index (χ1) is 9.29. The Balaban J connectivity index is 2.42. The third-order valence-electron chi connectivity index (χ3n) is 2.45. The molecular weight excluding hydrogens is 306 g/mol. The molecule has 0 amide bonds. The number of nitrogens with one attached hydrogen (secondary N) is 1.